The smallest absolute Gasteiger partial charge is 0.319 e. The van der Waals surface area contributed by atoms with Crippen molar-refractivity contribution in [2.45, 2.75) is 68.8 Å². The third-order valence-corrected chi connectivity index (χ3v) is 13.9. The van der Waals surface area contributed by atoms with E-state index in [0.717, 1.165) is 54.4 Å². The second-order valence-corrected chi connectivity index (χ2v) is 17.8. The number of piperidine rings is 3. The lowest BCUT2D eigenvalue weighted by Gasteiger charge is -2.51. The minimum absolute atomic E-state index is 0.0120. The number of anilines is 5. The number of benzene rings is 3. The number of fused-ring (bicyclic) bond motifs is 3. The number of halogens is 1. The standard InChI is InChI=1S/C47H55FN10O7/c1-53(29-13-17-54(18-14-29)37-6-4-7-38-44(37)64-22-21-57(38)39-11-12-43(60)50-46(39)61)47(62)55-19-15-33(16-20-55)65-42-23-30(9-10-35(42)48)58-31-25-56(26-32(58)28-63-27-31)40-24-36(51-52-45(40)49)34-5-2-3-8-41(34)59/h2-10,23-24,29,31-33,39,59H,11-22,25-28H2,1H3,(H2,49,52)(H,50,60,61)/t31-,32-,39+/m1/s1. The second-order valence-electron chi connectivity index (χ2n) is 17.8. The van der Waals surface area contributed by atoms with E-state index in [2.05, 4.69) is 35.1 Å². The Hall–Kier alpha value is -6.56. The van der Waals surface area contributed by atoms with Crippen molar-refractivity contribution >= 4 is 46.4 Å². The molecule has 0 spiro atoms. The number of carbonyl (C=O) groups excluding carboxylic acids is 3. The number of likely N-dealkylation sites (tertiary alicyclic amines) is 1. The maximum absolute atomic E-state index is 15.4. The Bertz CT molecular complexity index is 2430. The third-order valence-electron chi connectivity index (χ3n) is 13.9. The number of phenolic OH excluding ortho intramolecular Hbond substituents is 1. The highest BCUT2D eigenvalue weighted by molar-refractivity contribution is 6.02. The Morgan fingerprint density at radius 2 is 1.63 bits per heavy atom. The molecule has 6 aliphatic rings. The van der Waals surface area contributed by atoms with Gasteiger partial charge in [-0.25, -0.2) is 9.18 Å². The number of phenols is 1. The number of carbonyl (C=O) groups is 3. The highest BCUT2D eigenvalue weighted by Gasteiger charge is 2.41. The van der Waals surface area contributed by atoms with Gasteiger partial charge in [-0.15, -0.1) is 10.2 Å². The van der Waals surface area contributed by atoms with E-state index in [1.807, 2.05) is 47.2 Å². The Kier molecular flexibility index (Phi) is 11.6. The Morgan fingerprint density at radius 1 is 0.877 bits per heavy atom. The molecule has 1 aromatic heterocycles. The zero-order valence-electron chi connectivity index (χ0n) is 36.5. The van der Waals surface area contributed by atoms with Crippen molar-refractivity contribution in [2.75, 3.05) is 98.0 Å². The second kappa shape index (κ2) is 17.8. The van der Waals surface area contributed by atoms with Gasteiger partial charge in [0.05, 0.1) is 54.6 Å². The Morgan fingerprint density at radius 3 is 2.38 bits per heavy atom. The molecule has 4 N–H and O–H groups in total. The number of nitrogens with one attached hydrogen (secondary N) is 1. The summed E-state index contributed by atoms with van der Waals surface area (Å²) < 4.78 is 34.0. The van der Waals surface area contributed by atoms with Crippen LogP contribution < -0.4 is 40.1 Å². The number of para-hydroxylation sites is 2. The average molecular weight is 891 g/mol. The number of piperazine rings is 1. The van der Waals surface area contributed by atoms with Crippen LogP contribution in [-0.4, -0.2) is 146 Å². The normalized spacial score (nSPS) is 22.9. The fraction of sp³-hybridized carbons (Fsp3) is 0.468. The molecule has 0 radical (unpaired) electrons. The summed E-state index contributed by atoms with van der Waals surface area (Å²) in [4.78, 5) is 51.0. The molecule has 5 fully saturated rings. The summed E-state index contributed by atoms with van der Waals surface area (Å²) in [5, 5.41) is 21.4. The van der Waals surface area contributed by atoms with Gasteiger partial charge in [0, 0.05) is 88.9 Å². The SMILES string of the molecule is CN(C(=O)N1CCC(Oc2cc(N3[C@H]4COC[C@H]3CN(c3cc(-c5ccccc5O)nnc3N)C4)ccc2F)CC1)C1CCN(c2cccc3c2OCCN3[C@H]2CCC(=O)NC2=O)CC1. The van der Waals surface area contributed by atoms with Crippen LogP contribution in [0.4, 0.5) is 37.8 Å². The number of hydrogen-bond acceptors (Lipinski definition) is 14. The zero-order valence-corrected chi connectivity index (χ0v) is 36.5. The summed E-state index contributed by atoms with van der Waals surface area (Å²) in [6.07, 6.45) is 3.28. The lowest BCUT2D eigenvalue weighted by molar-refractivity contribution is -0.134. The van der Waals surface area contributed by atoms with Crippen molar-refractivity contribution in [3.05, 3.63) is 72.5 Å². The number of imide groups is 1. The number of hydrogen-bond donors (Lipinski definition) is 3. The van der Waals surface area contributed by atoms with E-state index in [9.17, 15) is 19.5 Å². The van der Waals surface area contributed by atoms with Crippen LogP contribution in [0.3, 0.4) is 0 Å². The predicted octanol–water partition coefficient (Wildman–Crippen LogP) is 4.23. The maximum Gasteiger partial charge on any atom is 0.319 e. The summed E-state index contributed by atoms with van der Waals surface area (Å²) in [5.41, 5.74) is 10.9. The molecule has 18 heteroatoms. The van der Waals surface area contributed by atoms with Gasteiger partial charge in [0.25, 0.3) is 0 Å². The summed E-state index contributed by atoms with van der Waals surface area (Å²) in [5.74, 6) is 0.436. The van der Waals surface area contributed by atoms with Crippen LogP contribution >= 0.6 is 0 Å². The monoisotopic (exact) mass is 890 g/mol. The van der Waals surface area contributed by atoms with E-state index >= 15 is 4.39 Å². The number of aromatic hydroxyl groups is 1. The number of nitrogens with zero attached hydrogens (tertiary/aromatic N) is 8. The Labute approximate surface area is 376 Å². The molecule has 6 aliphatic heterocycles. The van der Waals surface area contributed by atoms with Gasteiger partial charge in [-0.3, -0.25) is 14.9 Å². The summed E-state index contributed by atoms with van der Waals surface area (Å²) in [7, 11) is 1.88. The first-order valence-electron chi connectivity index (χ1n) is 22.7. The van der Waals surface area contributed by atoms with Gasteiger partial charge in [-0.1, -0.05) is 18.2 Å². The van der Waals surface area contributed by atoms with Crippen molar-refractivity contribution in [3.63, 3.8) is 0 Å². The van der Waals surface area contributed by atoms with Gasteiger partial charge < -0.3 is 54.5 Å². The number of nitrogens with two attached hydrogens (primary N) is 1. The van der Waals surface area contributed by atoms with Gasteiger partial charge in [0.2, 0.25) is 11.8 Å². The van der Waals surface area contributed by atoms with E-state index in [-0.39, 0.29) is 53.6 Å². The molecule has 0 saturated carbocycles. The molecule has 5 saturated heterocycles. The van der Waals surface area contributed by atoms with Gasteiger partial charge in [0.1, 0.15) is 24.5 Å². The maximum atomic E-state index is 15.4. The first-order chi connectivity index (χ1) is 31.6. The molecule has 4 amide bonds. The molecule has 10 rings (SSSR count). The molecule has 3 aromatic carbocycles. The van der Waals surface area contributed by atoms with E-state index in [0.29, 0.717) is 95.3 Å². The molecule has 7 heterocycles. The van der Waals surface area contributed by atoms with E-state index in [1.54, 1.807) is 30.3 Å². The van der Waals surface area contributed by atoms with Crippen LogP contribution in [-0.2, 0) is 14.3 Å². The molecule has 65 heavy (non-hydrogen) atoms. The van der Waals surface area contributed by atoms with Gasteiger partial charge >= 0.3 is 6.03 Å². The molecular weight excluding hydrogens is 836 g/mol. The summed E-state index contributed by atoms with van der Waals surface area (Å²) in [6.45, 7) is 5.61. The zero-order chi connectivity index (χ0) is 44.8. The lowest BCUT2D eigenvalue weighted by Crippen LogP contribution is -2.65. The quantitative estimate of drug-likeness (QED) is 0.214. The highest BCUT2D eigenvalue weighted by atomic mass is 19.1. The van der Waals surface area contributed by atoms with Gasteiger partial charge in [-0.2, -0.15) is 0 Å². The average Bonchev–Trinajstić information content (AvgIpc) is 3.32. The van der Waals surface area contributed by atoms with Crippen molar-refractivity contribution in [1.82, 2.24) is 25.3 Å². The van der Waals surface area contributed by atoms with Crippen molar-refractivity contribution in [1.29, 1.82) is 0 Å². The van der Waals surface area contributed by atoms with E-state index < -0.39 is 11.9 Å². The number of urea groups is 1. The van der Waals surface area contributed by atoms with Crippen LogP contribution in [0, 0.1) is 5.82 Å². The first kappa shape index (κ1) is 42.4. The fourth-order valence-corrected chi connectivity index (χ4v) is 10.5. The molecule has 17 nitrogen and oxygen atoms in total. The molecule has 0 aliphatic carbocycles. The first-order valence-corrected chi connectivity index (χ1v) is 22.7. The molecule has 4 aromatic rings. The van der Waals surface area contributed by atoms with Crippen LogP contribution in [0.15, 0.2) is 66.7 Å². The molecule has 3 atom stereocenters. The van der Waals surface area contributed by atoms with Gasteiger partial charge in [-0.05, 0) is 61.7 Å². The number of aromatic nitrogens is 2. The minimum atomic E-state index is -0.431. The van der Waals surface area contributed by atoms with Crippen molar-refractivity contribution < 1.29 is 38.1 Å². The molecule has 342 valence electrons. The molecule has 2 bridgehead atoms. The highest BCUT2D eigenvalue weighted by Crippen LogP contribution is 2.43. The third kappa shape index (κ3) is 8.35. The van der Waals surface area contributed by atoms with Crippen LogP contribution in [0.25, 0.3) is 11.3 Å². The van der Waals surface area contributed by atoms with Crippen LogP contribution in [0.1, 0.15) is 38.5 Å². The molecule has 0 unspecified atom stereocenters. The van der Waals surface area contributed by atoms with Crippen LogP contribution in [0.5, 0.6) is 17.2 Å². The molecular formula is C47H55FN10O7. The number of rotatable bonds is 8. The summed E-state index contributed by atoms with van der Waals surface area (Å²) in [6, 6.07) is 19.4. The van der Waals surface area contributed by atoms with E-state index in [4.69, 9.17) is 19.9 Å². The number of nitrogen functional groups attached to an aromatic ring is 1. The largest absolute Gasteiger partial charge is 0.507 e. The number of morpholine rings is 1. The Balaban J connectivity index is 0.733. The van der Waals surface area contributed by atoms with E-state index in [1.165, 1.54) is 6.07 Å². The lowest BCUT2D eigenvalue weighted by atomic mass is 10.0. The number of ether oxygens (including phenoxy) is 3. The summed E-state index contributed by atoms with van der Waals surface area (Å²) >= 11 is 0. The minimum Gasteiger partial charge on any atom is -0.507 e. The van der Waals surface area contributed by atoms with Gasteiger partial charge in [0.15, 0.2) is 23.1 Å². The van der Waals surface area contributed by atoms with Crippen LogP contribution in [0.2, 0.25) is 0 Å². The predicted molar refractivity (Wildman–Crippen MR) is 242 cm³/mol. The number of amides is 4. The van der Waals surface area contributed by atoms with Crippen molar-refractivity contribution in [2.24, 2.45) is 0 Å². The topological polar surface area (TPSA) is 182 Å². The fourth-order valence-electron chi connectivity index (χ4n) is 10.5. The van der Waals surface area contributed by atoms with Crippen molar-refractivity contribution in [3.8, 4) is 28.5 Å².